The molecule has 0 heterocycles. The summed E-state index contributed by atoms with van der Waals surface area (Å²) in [7, 11) is -4.28. The van der Waals surface area contributed by atoms with E-state index in [9.17, 15) is 17.6 Å². The van der Waals surface area contributed by atoms with E-state index in [0.717, 1.165) is 24.3 Å². The van der Waals surface area contributed by atoms with Crippen LogP contribution in [-0.4, -0.2) is 24.3 Å². The van der Waals surface area contributed by atoms with Crippen molar-refractivity contribution in [2.45, 2.75) is 36.3 Å². The monoisotopic (exact) mass is 337 g/mol. The molecule has 0 spiro atoms. The number of nitrogens with one attached hydrogen (secondary N) is 1. The van der Waals surface area contributed by atoms with Crippen LogP contribution in [0.15, 0.2) is 29.2 Å². The van der Waals surface area contributed by atoms with Gasteiger partial charge in [-0.25, -0.2) is 18.3 Å². The van der Waals surface area contributed by atoms with Gasteiger partial charge in [-0.3, -0.25) is 10.0 Å². The van der Waals surface area contributed by atoms with Crippen molar-refractivity contribution in [2.24, 2.45) is 0 Å². The number of halogens is 1. The Labute approximate surface area is 134 Å². The highest BCUT2D eigenvalue weighted by Gasteiger charge is 2.50. The Balaban J connectivity index is 3.61. The van der Waals surface area contributed by atoms with Crippen LogP contribution in [0.3, 0.4) is 0 Å². The van der Waals surface area contributed by atoms with Gasteiger partial charge >= 0.3 is 0 Å². The van der Waals surface area contributed by atoms with Crippen LogP contribution in [0.4, 0.5) is 4.39 Å². The maximum absolute atomic E-state index is 13.0. The van der Waals surface area contributed by atoms with Gasteiger partial charge in [-0.1, -0.05) is 0 Å². The molecule has 0 unspecified atom stereocenters. The van der Waals surface area contributed by atoms with Gasteiger partial charge in [0.25, 0.3) is 5.91 Å². The summed E-state index contributed by atoms with van der Waals surface area (Å²) in [6.07, 6.45) is -0.714. The molecule has 0 aromatic heterocycles. The number of hydrogen-bond donors (Lipinski definition) is 2. The first-order chi connectivity index (χ1) is 10.9. The van der Waals surface area contributed by atoms with Crippen molar-refractivity contribution in [3.05, 3.63) is 30.1 Å². The SMILES string of the molecule is CC#CCC(CC#CC)(C(=O)NO)S(=O)(=O)c1ccc(F)cc1. The van der Waals surface area contributed by atoms with E-state index >= 15 is 0 Å². The summed E-state index contributed by atoms with van der Waals surface area (Å²) < 4.78 is 36.8. The summed E-state index contributed by atoms with van der Waals surface area (Å²) in [5, 5.41) is 9.00. The van der Waals surface area contributed by atoms with Crippen LogP contribution in [0.25, 0.3) is 0 Å². The normalized spacial score (nSPS) is 10.8. The molecule has 1 aromatic carbocycles. The lowest BCUT2D eigenvalue weighted by molar-refractivity contribution is -0.131. The van der Waals surface area contributed by atoms with E-state index in [1.54, 1.807) is 0 Å². The van der Waals surface area contributed by atoms with Crippen LogP contribution >= 0.6 is 0 Å². The van der Waals surface area contributed by atoms with Crippen LogP contribution < -0.4 is 5.48 Å². The zero-order chi connectivity index (χ0) is 17.5. The molecule has 0 saturated carbocycles. The summed E-state index contributed by atoms with van der Waals surface area (Å²) in [4.78, 5) is 11.9. The topological polar surface area (TPSA) is 83.5 Å². The van der Waals surface area contributed by atoms with Crippen LogP contribution in [0.1, 0.15) is 26.7 Å². The van der Waals surface area contributed by atoms with Gasteiger partial charge in [0.15, 0.2) is 14.6 Å². The zero-order valence-electron chi connectivity index (χ0n) is 12.7. The van der Waals surface area contributed by atoms with E-state index < -0.39 is 26.3 Å². The second-order valence-corrected chi connectivity index (χ2v) is 6.86. The van der Waals surface area contributed by atoms with E-state index in [4.69, 9.17) is 5.21 Å². The Morgan fingerprint density at radius 1 is 1.17 bits per heavy atom. The van der Waals surface area contributed by atoms with Crippen LogP contribution in [0.5, 0.6) is 0 Å². The predicted molar refractivity (Wildman–Crippen MR) is 82.4 cm³/mol. The van der Waals surface area contributed by atoms with Crippen molar-refractivity contribution in [2.75, 3.05) is 0 Å². The number of carbonyl (C=O) groups is 1. The molecule has 0 aliphatic heterocycles. The number of hydrogen-bond acceptors (Lipinski definition) is 4. The lowest BCUT2D eigenvalue weighted by Gasteiger charge is -2.27. The molecule has 7 heteroatoms. The first-order valence-corrected chi connectivity index (χ1v) is 8.08. The largest absolute Gasteiger partial charge is 0.289 e. The number of amides is 1. The highest BCUT2D eigenvalue weighted by Crippen LogP contribution is 2.32. The molecule has 0 fully saturated rings. The molecule has 1 rings (SSSR count). The molecule has 0 bridgehead atoms. The van der Waals surface area contributed by atoms with Crippen molar-refractivity contribution in [3.8, 4) is 23.7 Å². The van der Waals surface area contributed by atoms with E-state index in [-0.39, 0.29) is 17.7 Å². The Morgan fingerprint density at radius 3 is 2.04 bits per heavy atom. The maximum Gasteiger partial charge on any atom is 0.267 e. The summed E-state index contributed by atoms with van der Waals surface area (Å²) in [5.41, 5.74) is 1.38. The molecule has 0 aliphatic rings. The van der Waals surface area contributed by atoms with E-state index in [1.807, 2.05) is 0 Å². The smallest absolute Gasteiger partial charge is 0.267 e. The number of sulfone groups is 1. The Kier molecular flexibility index (Phi) is 6.32. The summed E-state index contributed by atoms with van der Waals surface area (Å²) in [6.45, 7) is 3.00. The minimum absolute atomic E-state index is 0.252. The lowest BCUT2D eigenvalue weighted by Crippen LogP contribution is -2.51. The quantitative estimate of drug-likeness (QED) is 0.370. The fourth-order valence-corrected chi connectivity index (χ4v) is 3.70. The molecule has 0 aliphatic carbocycles. The van der Waals surface area contributed by atoms with E-state index in [1.165, 1.54) is 19.3 Å². The molecule has 0 radical (unpaired) electrons. The van der Waals surface area contributed by atoms with Crippen molar-refractivity contribution >= 4 is 15.7 Å². The van der Waals surface area contributed by atoms with Gasteiger partial charge in [0.2, 0.25) is 0 Å². The first kappa shape index (κ1) is 18.7. The fraction of sp³-hybridized carbons (Fsp3) is 0.312. The summed E-state index contributed by atoms with van der Waals surface area (Å²) >= 11 is 0. The third kappa shape index (κ3) is 3.70. The minimum Gasteiger partial charge on any atom is -0.289 e. The van der Waals surface area contributed by atoms with Crippen LogP contribution in [-0.2, 0) is 14.6 Å². The average molecular weight is 337 g/mol. The van der Waals surface area contributed by atoms with Crippen molar-refractivity contribution < 1.29 is 22.8 Å². The molecule has 1 amide bonds. The van der Waals surface area contributed by atoms with E-state index in [2.05, 4.69) is 23.7 Å². The second-order valence-electron chi connectivity index (χ2n) is 4.60. The third-order valence-corrected chi connectivity index (χ3v) is 5.65. The predicted octanol–water partition coefficient (Wildman–Crippen LogP) is 1.67. The maximum atomic E-state index is 13.0. The Bertz CT molecular complexity index is 770. The van der Waals surface area contributed by atoms with Crippen molar-refractivity contribution in [3.63, 3.8) is 0 Å². The summed E-state index contributed by atoms with van der Waals surface area (Å²) in [6, 6.07) is 4.07. The first-order valence-electron chi connectivity index (χ1n) is 6.59. The molecule has 0 saturated heterocycles. The second kappa shape index (κ2) is 7.77. The van der Waals surface area contributed by atoms with Gasteiger partial charge in [-0.2, -0.15) is 0 Å². The molecular weight excluding hydrogens is 321 g/mol. The number of hydroxylamine groups is 1. The van der Waals surface area contributed by atoms with Gasteiger partial charge in [-0.05, 0) is 38.1 Å². The fourth-order valence-electron chi connectivity index (χ4n) is 1.94. The van der Waals surface area contributed by atoms with Gasteiger partial charge in [0.05, 0.1) is 4.90 Å². The van der Waals surface area contributed by atoms with Crippen molar-refractivity contribution in [1.29, 1.82) is 0 Å². The summed E-state index contributed by atoms with van der Waals surface area (Å²) in [5.74, 6) is 8.43. The lowest BCUT2D eigenvalue weighted by atomic mass is 10.00. The van der Waals surface area contributed by atoms with Gasteiger partial charge < -0.3 is 0 Å². The molecule has 0 atom stereocenters. The van der Waals surface area contributed by atoms with Gasteiger partial charge in [0, 0.05) is 12.8 Å². The molecule has 1 aromatic rings. The van der Waals surface area contributed by atoms with Crippen LogP contribution in [0, 0.1) is 29.5 Å². The third-order valence-electron chi connectivity index (χ3n) is 3.26. The minimum atomic E-state index is -4.28. The molecule has 2 N–H and O–H groups in total. The molecule has 23 heavy (non-hydrogen) atoms. The van der Waals surface area contributed by atoms with Crippen LogP contribution in [0.2, 0.25) is 0 Å². The van der Waals surface area contributed by atoms with Gasteiger partial charge in [0.1, 0.15) is 5.82 Å². The average Bonchev–Trinajstić information content (AvgIpc) is 2.54. The number of benzene rings is 1. The molecule has 122 valence electrons. The number of rotatable bonds is 5. The Morgan fingerprint density at radius 2 is 1.65 bits per heavy atom. The molecular formula is C16H16FNO4S. The molecule has 5 nitrogen and oxygen atoms in total. The number of carbonyl (C=O) groups excluding carboxylic acids is 1. The van der Waals surface area contributed by atoms with Gasteiger partial charge in [-0.15, -0.1) is 23.7 Å². The zero-order valence-corrected chi connectivity index (χ0v) is 13.5. The standard InChI is InChI=1S/C16H16FNO4S/c1-3-5-11-16(12-6-4-2,15(19)18-20)23(21,22)14-9-7-13(17)8-10-14/h7-10,20H,11-12H2,1-2H3,(H,18,19). The Hall–Kier alpha value is -2.35. The van der Waals surface area contributed by atoms with Crippen molar-refractivity contribution in [1.82, 2.24) is 5.48 Å². The highest BCUT2D eigenvalue weighted by atomic mass is 32.2. The van der Waals surface area contributed by atoms with E-state index in [0.29, 0.717) is 0 Å². The highest BCUT2D eigenvalue weighted by molar-refractivity contribution is 7.93.